The lowest BCUT2D eigenvalue weighted by molar-refractivity contribution is 1.09. The minimum Gasteiger partial charge on any atom is -0.378 e. The van der Waals surface area contributed by atoms with Crippen LogP contribution in [0.2, 0.25) is 0 Å². The molecule has 5 heteroatoms. The summed E-state index contributed by atoms with van der Waals surface area (Å²) in [5.41, 5.74) is 4.01. The molecule has 23 heavy (non-hydrogen) atoms. The summed E-state index contributed by atoms with van der Waals surface area (Å²) in [4.78, 5) is 10.4. The smallest absolute Gasteiger partial charge is 0.171 e. The van der Waals surface area contributed by atoms with Crippen molar-refractivity contribution in [1.29, 1.82) is 5.26 Å². The lowest BCUT2D eigenvalue weighted by atomic mass is 10.2. The number of hydrogen-bond acceptors (Lipinski definition) is 4. The minimum atomic E-state index is 0.599. The molecule has 0 bridgehead atoms. The molecule has 1 N–H and O–H groups in total. The number of nitriles is 1. The topological polar surface area (TPSA) is 55.7 Å². The van der Waals surface area contributed by atoms with E-state index in [1.165, 1.54) is 11.8 Å². The van der Waals surface area contributed by atoms with Crippen LogP contribution >= 0.6 is 11.8 Å². The van der Waals surface area contributed by atoms with Gasteiger partial charge in [0.2, 0.25) is 0 Å². The summed E-state index contributed by atoms with van der Waals surface area (Å²) in [5, 5.41) is 10.1. The molecule has 2 aromatic carbocycles. The number of H-pyrrole nitrogens is 1. The van der Waals surface area contributed by atoms with E-state index in [2.05, 4.69) is 16.0 Å². The van der Waals surface area contributed by atoms with E-state index in [0.29, 0.717) is 4.91 Å². The van der Waals surface area contributed by atoms with Gasteiger partial charge in [0, 0.05) is 19.8 Å². The molecule has 0 fully saturated rings. The molecular weight excluding hydrogens is 304 g/mol. The third kappa shape index (κ3) is 3.55. The van der Waals surface area contributed by atoms with Gasteiger partial charge >= 0.3 is 0 Å². The molecule has 0 atom stereocenters. The van der Waals surface area contributed by atoms with Crippen molar-refractivity contribution >= 4 is 34.6 Å². The molecule has 0 saturated heterocycles. The van der Waals surface area contributed by atoms with Crippen LogP contribution in [0.3, 0.4) is 0 Å². The van der Waals surface area contributed by atoms with E-state index in [1.807, 2.05) is 73.6 Å². The van der Waals surface area contributed by atoms with Gasteiger partial charge in [-0.25, -0.2) is 4.98 Å². The first kappa shape index (κ1) is 15.2. The minimum absolute atomic E-state index is 0.599. The molecule has 4 nitrogen and oxygen atoms in total. The first-order valence-electron chi connectivity index (χ1n) is 7.17. The lowest BCUT2D eigenvalue weighted by Crippen LogP contribution is -2.07. The number of nitrogens with zero attached hydrogens (tertiary/aromatic N) is 3. The second-order valence-corrected chi connectivity index (χ2v) is 6.30. The number of aromatic amines is 1. The maximum absolute atomic E-state index is 9.38. The zero-order valence-electron chi connectivity index (χ0n) is 12.9. The van der Waals surface area contributed by atoms with Crippen molar-refractivity contribution in [2.24, 2.45) is 0 Å². The normalized spacial score (nSPS) is 11.4. The third-order valence-electron chi connectivity index (χ3n) is 3.39. The van der Waals surface area contributed by atoms with Crippen LogP contribution in [0.1, 0.15) is 5.56 Å². The molecular formula is C18H16N4S. The molecule has 3 rings (SSSR count). The van der Waals surface area contributed by atoms with Crippen LogP contribution in [0.4, 0.5) is 5.69 Å². The highest BCUT2D eigenvalue weighted by Crippen LogP contribution is 2.27. The van der Waals surface area contributed by atoms with E-state index in [-0.39, 0.29) is 0 Å². The zero-order chi connectivity index (χ0) is 16.2. The van der Waals surface area contributed by atoms with Crippen molar-refractivity contribution in [3.8, 4) is 6.07 Å². The van der Waals surface area contributed by atoms with E-state index >= 15 is 0 Å². The second kappa shape index (κ2) is 6.59. The summed E-state index contributed by atoms with van der Waals surface area (Å²) in [7, 11) is 4.01. The van der Waals surface area contributed by atoms with Crippen LogP contribution in [-0.2, 0) is 0 Å². The standard InChI is InChI=1S/C18H16N4S/c1-22(2)14-9-7-13(8-10-14)11-15(12-19)23-18-20-16-5-3-4-6-17(16)21-18/h3-11H,1-2H3,(H,20,21)/b15-11+. The molecule has 0 aliphatic carbocycles. The van der Waals surface area contributed by atoms with Gasteiger partial charge in [-0.2, -0.15) is 5.26 Å². The second-order valence-electron chi connectivity index (χ2n) is 5.27. The third-order valence-corrected chi connectivity index (χ3v) is 4.21. The number of anilines is 1. The van der Waals surface area contributed by atoms with Crippen molar-refractivity contribution in [3.63, 3.8) is 0 Å². The number of imidazole rings is 1. The molecule has 0 spiro atoms. The Labute approximate surface area is 139 Å². The van der Waals surface area contributed by atoms with E-state index < -0.39 is 0 Å². The number of allylic oxidation sites excluding steroid dienone is 1. The van der Waals surface area contributed by atoms with Gasteiger partial charge in [0.25, 0.3) is 0 Å². The number of para-hydroxylation sites is 2. The molecule has 0 aliphatic rings. The summed E-state index contributed by atoms with van der Waals surface area (Å²) in [5.74, 6) is 0. The number of rotatable bonds is 4. The van der Waals surface area contributed by atoms with Crippen molar-refractivity contribution < 1.29 is 0 Å². The number of nitrogens with one attached hydrogen (secondary N) is 1. The summed E-state index contributed by atoms with van der Waals surface area (Å²) < 4.78 is 0. The summed E-state index contributed by atoms with van der Waals surface area (Å²) in [6, 6.07) is 18.1. The Hall–Kier alpha value is -2.71. The highest BCUT2D eigenvalue weighted by molar-refractivity contribution is 8.03. The first-order valence-corrected chi connectivity index (χ1v) is 7.99. The Morgan fingerprint density at radius 1 is 1.17 bits per heavy atom. The monoisotopic (exact) mass is 320 g/mol. The first-order chi connectivity index (χ1) is 11.2. The van der Waals surface area contributed by atoms with Crippen LogP contribution in [0.15, 0.2) is 58.6 Å². The largest absolute Gasteiger partial charge is 0.378 e. The molecule has 114 valence electrons. The molecule has 0 amide bonds. The van der Waals surface area contributed by atoms with Gasteiger partial charge < -0.3 is 9.88 Å². The summed E-state index contributed by atoms with van der Waals surface area (Å²) in [6.07, 6.45) is 1.87. The van der Waals surface area contributed by atoms with Gasteiger partial charge in [-0.05, 0) is 47.7 Å². The maximum Gasteiger partial charge on any atom is 0.171 e. The average molecular weight is 320 g/mol. The SMILES string of the molecule is CN(C)c1ccc(/C=C(\C#N)Sc2nc3ccccc3[nH]2)cc1. The summed E-state index contributed by atoms with van der Waals surface area (Å²) >= 11 is 1.34. The fourth-order valence-corrected chi connectivity index (χ4v) is 2.94. The van der Waals surface area contributed by atoms with Crippen LogP contribution in [-0.4, -0.2) is 24.1 Å². The summed E-state index contributed by atoms with van der Waals surface area (Å²) in [6.45, 7) is 0. The van der Waals surface area contributed by atoms with Gasteiger partial charge in [0.1, 0.15) is 6.07 Å². The van der Waals surface area contributed by atoms with Gasteiger partial charge in [0.05, 0.1) is 15.9 Å². The zero-order valence-corrected chi connectivity index (χ0v) is 13.8. The van der Waals surface area contributed by atoms with Crippen LogP contribution in [0.25, 0.3) is 17.1 Å². The molecule has 0 aliphatic heterocycles. The molecule has 1 aromatic heterocycles. The van der Waals surface area contributed by atoms with Crippen molar-refractivity contribution in [2.75, 3.05) is 19.0 Å². The Bertz CT molecular complexity index is 852. The Kier molecular flexibility index (Phi) is 4.35. The van der Waals surface area contributed by atoms with E-state index in [9.17, 15) is 5.26 Å². The fraction of sp³-hybridized carbons (Fsp3) is 0.111. The van der Waals surface area contributed by atoms with Crippen LogP contribution < -0.4 is 4.90 Å². The van der Waals surface area contributed by atoms with E-state index in [1.54, 1.807) is 0 Å². The molecule has 0 saturated carbocycles. The fourth-order valence-electron chi connectivity index (χ4n) is 2.19. The average Bonchev–Trinajstić information content (AvgIpc) is 2.97. The highest BCUT2D eigenvalue weighted by atomic mass is 32.2. The number of hydrogen-bond donors (Lipinski definition) is 1. The predicted molar refractivity (Wildman–Crippen MR) is 96.3 cm³/mol. The lowest BCUT2D eigenvalue weighted by Gasteiger charge is -2.11. The van der Waals surface area contributed by atoms with E-state index in [0.717, 1.165) is 27.4 Å². The van der Waals surface area contributed by atoms with Crippen molar-refractivity contribution in [1.82, 2.24) is 9.97 Å². The van der Waals surface area contributed by atoms with Gasteiger partial charge in [-0.15, -0.1) is 0 Å². The van der Waals surface area contributed by atoms with Crippen molar-refractivity contribution in [3.05, 3.63) is 59.0 Å². The highest BCUT2D eigenvalue weighted by Gasteiger charge is 2.06. The Balaban J connectivity index is 1.82. The Morgan fingerprint density at radius 3 is 2.57 bits per heavy atom. The van der Waals surface area contributed by atoms with Gasteiger partial charge in [-0.1, -0.05) is 24.3 Å². The number of benzene rings is 2. The predicted octanol–water partition coefficient (Wildman–Crippen LogP) is 4.29. The van der Waals surface area contributed by atoms with Crippen LogP contribution in [0.5, 0.6) is 0 Å². The number of fused-ring (bicyclic) bond motifs is 1. The van der Waals surface area contributed by atoms with Crippen LogP contribution in [0, 0.1) is 11.3 Å². The quantitative estimate of drug-likeness (QED) is 0.575. The molecule has 0 radical (unpaired) electrons. The maximum atomic E-state index is 9.38. The number of aromatic nitrogens is 2. The van der Waals surface area contributed by atoms with Gasteiger partial charge in [-0.3, -0.25) is 0 Å². The Morgan fingerprint density at radius 2 is 1.91 bits per heavy atom. The number of thioether (sulfide) groups is 1. The van der Waals surface area contributed by atoms with E-state index in [4.69, 9.17) is 0 Å². The molecule has 3 aromatic rings. The molecule has 0 unspecified atom stereocenters. The van der Waals surface area contributed by atoms with Crippen molar-refractivity contribution in [2.45, 2.75) is 5.16 Å². The van der Waals surface area contributed by atoms with Gasteiger partial charge in [0.15, 0.2) is 5.16 Å². The molecule has 1 heterocycles.